The number of nitrogens with one attached hydrogen (secondary N) is 2. The normalized spacial score (nSPS) is 10.5. The van der Waals surface area contributed by atoms with Crippen LogP contribution in [-0.2, 0) is 9.59 Å². The van der Waals surface area contributed by atoms with E-state index in [2.05, 4.69) is 10.6 Å². The smallest absolute Gasteiger partial charge is 0.238 e. The summed E-state index contributed by atoms with van der Waals surface area (Å²) >= 11 is 5.98. The van der Waals surface area contributed by atoms with E-state index in [1.54, 1.807) is 54.5 Å². The number of hydrogen-bond donors (Lipinski definition) is 2. The number of carbonyl (C=O) groups is 2. The Morgan fingerprint density at radius 3 is 2.36 bits per heavy atom. The highest BCUT2D eigenvalue weighted by Crippen LogP contribution is 2.27. The number of amides is 2. The van der Waals surface area contributed by atoms with Crippen molar-refractivity contribution >= 4 is 34.8 Å². The minimum absolute atomic E-state index is 0.0533. The largest absolute Gasteiger partial charge is 0.497 e. The first-order valence-electron chi connectivity index (χ1n) is 8.74. The molecule has 0 aliphatic rings. The zero-order valence-corrected chi connectivity index (χ0v) is 16.9. The van der Waals surface area contributed by atoms with Crippen LogP contribution >= 0.6 is 11.6 Å². The minimum Gasteiger partial charge on any atom is -0.497 e. The average Bonchev–Trinajstić information content (AvgIpc) is 2.67. The number of anilines is 2. The lowest BCUT2D eigenvalue weighted by molar-refractivity contribution is -0.119. The van der Waals surface area contributed by atoms with Gasteiger partial charge in [0.2, 0.25) is 11.8 Å². The fourth-order valence-electron chi connectivity index (χ4n) is 2.55. The summed E-state index contributed by atoms with van der Waals surface area (Å²) < 4.78 is 10.4. The van der Waals surface area contributed by atoms with E-state index in [0.717, 1.165) is 0 Å². The number of carbonyl (C=O) groups excluding carboxylic acids is 2. The third-order valence-corrected chi connectivity index (χ3v) is 4.21. The molecule has 0 bridgehead atoms. The van der Waals surface area contributed by atoms with Crippen LogP contribution in [0.3, 0.4) is 0 Å². The summed E-state index contributed by atoms with van der Waals surface area (Å²) in [6, 6.07) is 12.1. The highest BCUT2D eigenvalue weighted by Gasteiger charge is 2.15. The molecule has 2 aromatic rings. The van der Waals surface area contributed by atoms with E-state index in [1.165, 1.54) is 7.11 Å². The molecule has 7 nitrogen and oxygen atoms in total. The molecule has 0 fully saturated rings. The number of methoxy groups -OCH3 is 2. The Kier molecular flexibility index (Phi) is 8.10. The van der Waals surface area contributed by atoms with Gasteiger partial charge < -0.3 is 20.1 Å². The molecule has 0 aromatic heterocycles. The highest BCUT2D eigenvalue weighted by molar-refractivity contribution is 6.31. The van der Waals surface area contributed by atoms with E-state index >= 15 is 0 Å². The Balaban J connectivity index is 1.93. The van der Waals surface area contributed by atoms with Gasteiger partial charge in [-0.3, -0.25) is 14.5 Å². The number of hydrogen-bond acceptors (Lipinski definition) is 5. The third-order valence-electron chi connectivity index (χ3n) is 3.97. The standard InChI is InChI=1S/C20H24ClN3O4/c1-4-24(12-19(25)22-15-6-5-7-16(11-15)27-2)13-20(26)23-17-10-14(21)8-9-18(17)28-3/h5-11H,4,12-13H2,1-3H3,(H,22,25)(H,23,26). The van der Waals surface area contributed by atoms with E-state index in [9.17, 15) is 9.59 Å². The van der Waals surface area contributed by atoms with Crippen molar-refractivity contribution in [2.45, 2.75) is 6.92 Å². The zero-order valence-electron chi connectivity index (χ0n) is 16.1. The van der Waals surface area contributed by atoms with Crippen molar-refractivity contribution in [3.8, 4) is 11.5 Å². The molecule has 0 aliphatic heterocycles. The van der Waals surface area contributed by atoms with Crippen molar-refractivity contribution in [2.75, 3.05) is 44.5 Å². The lowest BCUT2D eigenvalue weighted by Gasteiger charge is -2.20. The lowest BCUT2D eigenvalue weighted by Crippen LogP contribution is -2.38. The van der Waals surface area contributed by atoms with Gasteiger partial charge in [0, 0.05) is 16.8 Å². The summed E-state index contributed by atoms with van der Waals surface area (Å²) in [6.07, 6.45) is 0. The van der Waals surface area contributed by atoms with Crippen LogP contribution in [0, 0.1) is 0 Å². The van der Waals surface area contributed by atoms with Crippen LogP contribution in [0.15, 0.2) is 42.5 Å². The van der Waals surface area contributed by atoms with Crippen LogP contribution < -0.4 is 20.1 Å². The SMILES string of the molecule is CCN(CC(=O)Nc1cccc(OC)c1)CC(=O)Nc1cc(Cl)ccc1OC. The van der Waals surface area contributed by atoms with Crippen LogP contribution in [0.4, 0.5) is 11.4 Å². The monoisotopic (exact) mass is 405 g/mol. The van der Waals surface area contributed by atoms with Gasteiger partial charge in [0.1, 0.15) is 11.5 Å². The fourth-order valence-corrected chi connectivity index (χ4v) is 2.73. The quantitative estimate of drug-likeness (QED) is 0.669. The molecule has 0 saturated heterocycles. The molecule has 2 amide bonds. The summed E-state index contributed by atoms with van der Waals surface area (Å²) in [7, 11) is 3.08. The lowest BCUT2D eigenvalue weighted by atomic mass is 10.3. The van der Waals surface area contributed by atoms with E-state index in [1.807, 2.05) is 6.92 Å². The molecule has 0 radical (unpaired) electrons. The Morgan fingerprint density at radius 1 is 1.00 bits per heavy atom. The van der Waals surface area contributed by atoms with Crippen LogP contribution in [0.5, 0.6) is 11.5 Å². The summed E-state index contributed by atoms with van der Waals surface area (Å²) in [5.74, 6) is 0.677. The van der Waals surface area contributed by atoms with Crippen molar-refractivity contribution in [3.05, 3.63) is 47.5 Å². The minimum atomic E-state index is -0.267. The summed E-state index contributed by atoms with van der Waals surface area (Å²) in [6.45, 7) is 2.54. The predicted molar refractivity (Wildman–Crippen MR) is 110 cm³/mol. The zero-order chi connectivity index (χ0) is 20.5. The first-order chi connectivity index (χ1) is 13.4. The van der Waals surface area contributed by atoms with Crippen molar-refractivity contribution in [2.24, 2.45) is 0 Å². The number of benzene rings is 2. The first kappa shape index (κ1) is 21.5. The maximum absolute atomic E-state index is 12.4. The second-order valence-electron chi connectivity index (χ2n) is 5.98. The molecule has 0 unspecified atom stereocenters. The van der Waals surface area contributed by atoms with E-state index in [-0.39, 0.29) is 24.9 Å². The number of ether oxygens (including phenoxy) is 2. The molecule has 28 heavy (non-hydrogen) atoms. The van der Waals surface area contributed by atoms with Gasteiger partial charge >= 0.3 is 0 Å². The van der Waals surface area contributed by atoms with Crippen LogP contribution in [0.2, 0.25) is 5.02 Å². The Bertz CT molecular complexity index is 829. The molecule has 150 valence electrons. The molecular weight excluding hydrogens is 382 g/mol. The van der Waals surface area contributed by atoms with Crippen LogP contribution in [0.1, 0.15) is 6.92 Å². The highest BCUT2D eigenvalue weighted by atomic mass is 35.5. The average molecular weight is 406 g/mol. The van der Waals surface area contributed by atoms with Crippen LogP contribution in [-0.4, -0.2) is 50.6 Å². The van der Waals surface area contributed by atoms with Gasteiger partial charge in [-0.2, -0.15) is 0 Å². The van der Waals surface area contributed by atoms with Gasteiger partial charge in [0.05, 0.1) is 33.0 Å². The Hall–Kier alpha value is -2.77. The number of likely N-dealkylation sites (N-methyl/N-ethyl adjacent to an activating group) is 1. The second kappa shape index (κ2) is 10.5. The van der Waals surface area contributed by atoms with E-state index in [4.69, 9.17) is 21.1 Å². The Labute approximate surface area is 169 Å². The van der Waals surface area contributed by atoms with Crippen molar-refractivity contribution < 1.29 is 19.1 Å². The topological polar surface area (TPSA) is 79.9 Å². The van der Waals surface area contributed by atoms with Crippen molar-refractivity contribution in [3.63, 3.8) is 0 Å². The van der Waals surface area contributed by atoms with Gasteiger partial charge in [-0.25, -0.2) is 0 Å². The maximum Gasteiger partial charge on any atom is 0.238 e. The summed E-state index contributed by atoms with van der Waals surface area (Å²) in [5, 5.41) is 6.05. The molecule has 0 aliphatic carbocycles. The molecule has 0 atom stereocenters. The maximum atomic E-state index is 12.4. The van der Waals surface area contributed by atoms with Crippen molar-refractivity contribution in [1.29, 1.82) is 0 Å². The molecule has 0 spiro atoms. The first-order valence-corrected chi connectivity index (χ1v) is 9.12. The van der Waals surface area contributed by atoms with Gasteiger partial charge in [0.25, 0.3) is 0 Å². The summed E-state index contributed by atoms with van der Waals surface area (Å²) in [5.41, 5.74) is 1.12. The van der Waals surface area contributed by atoms with Gasteiger partial charge in [-0.1, -0.05) is 24.6 Å². The Morgan fingerprint density at radius 2 is 1.71 bits per heavy atom. The fraction of sp³-hybridized carbons (Fsp3) is 0.300. The summed E-state index contributed by atoms with van der Waals surface area (Å²) in [4.78, 5) is 26.4. The number of halogens is 1. The van der Waals surface area contributed by atoms with E-state index < -0.39 is 0 Å². The number of nitrogens with zero attached hydrogens (tertiary/aromatic N) is 1. The van der Waals surface area contributed by atoms with Gasteiger partial charge in [-0.05, 0) is 36.9 Å². The van der Waals surface area contributed by atoms with E-state index in [0.29, 0.717) is 34.4 Å². The molecular formula is C20H24ClN3O4. The molecule has 8 heteroatoms. The number of rotatable bonds is 9. The second-order valence-corrected chi connectivity index (χ2v) is 6.41. The van der Waals surface area contributed by atoms with Gasteiger partial charge in [0.15, 0.2) is 0 Å². The third kappa shape index (κ3) is 6.44. The molecule has 0 saturated carbocycles. The molecule has 2 aromatic carbocycles. The predicted octanol–water partition coefficient (Wildman–Crippen LogP) is 3.26. The molecule has 2 N–H and O–H groups in total. The molecule has 0 heterocycles. The van der Waals surface area contributed by atoms with Crippen LogP contribution in [0.25, 0.3) is 0 Å². The van der Waals surface area contributed by atoms with Crippen molar-refractivity contribution in [1.82, 2.24) is 4.90 Å². The van der Waals surface area contributed by atoms with Gasteiger partial charge in [-0.15, -0.1) is 0 Å². The molecule has 2 rings (SSSR count).